The van der Waals surface area contributed by atoms with Gasteiger partial charge >= 0.3 is 0 Å². The van der Waals surface area contributed by atoms with E-state index in [1.807, 2.05) is 30.0 Å². The van der Waals surface area contributed by atoms with Gasteiger partial charge in [-0.05, 0) is 66.9 Å². The number of halogens is 1. The lowest BCUT2D eigenvalue weighted by atomic mass is 10.0. The number of hydrogen-bond donors (Lipinski definition) is 1. The molecule has 2 aliphatic rings. The highest BCUT2D eigenvalue weighted by Crippen LogP contribution is 2.28. The molecule has 0 radical (unpaired) electrons. The smallest absolute Gasteiger partial charge is 0.255 e. The van der Waals surface area contributed by atoms with Crippen LogP contribution in [0.4, 0.5) is 10.1 Å². The molecule has 1 aliphatic carbocycles. The predicted molar refractivity (Wildman–Crippen MR) is 133 cm³/mol. The van der Waals surface area contributed by atoms with Crippen molar-refractivity contribution in [1.29, 1.82) is 0 Å². The third-order valence-electron chi connectivity index (χ3n) is 6.94. The molecule has 1 N–H and O–H groups in total. The summed E-state index contributed by atoms with van der Waals surface area (Å²) >= 11 is 0. The SMILES string of the molecule is Cc1c(CN2CCN(C(=O)C3CCCC3)CC2)cc(F)cc1NC(=O)c1cccc(CP)c1. The summed E-state index contributed by atoms with van der Waals surface area (Å²) in [5.74, 6) is -0.0802. The molecule has 176 valence electrons. The second-order valence-electron chi connectivity index (χ2n) is 9.18. The Morgan fingerprint density at radius 3 is 2.52 bits per heavy atom. The minimum absolute atomic E-state index is 0.213. The van der Waals surface area contributed by atoms with Gasteiger partial charge in [0, 0.05) is 49.9 Å². The third-order valence-corrected chi connectivity index (χ3v) is 7.41. The zero-order chi connectivity index (χ0) is 23.4. The van der Waals surface area contributed by atoms with Crippen LogP contribution >= 0.6 is 9.24 Å². The standard InChI is InChI=1S/C26H33FN3O2P/c1-18-22(16-29-9-11-30(12-10-29)26(32)20-6-2-3-7-20)14-23(27)15-24(18)28-25(31)21-8-4-5-19(13-21)17-33/h4-5,8,13-15,20H,2-3,6-7,9-12,16-17,33H2,1H3,(H,28,31). The van der Waals surface area contributed by atoms with Gasteiger partial charge < -0.3 is 10.2 Å². The molecule has 7 heteroatoms. The largest absolute Gasteiger partial charge is 0.340 e. The van der Waals surface area contributed by atoms with E-state index in [2.05, 4.69) is 19.5 Å². The van der Waals surface area contributed by atoms with E-state index in [1.165, 1.54) is 6.07 Å². The second-order valence-corrected chi connectivity index (χ2v) is 9.59. The van der Waals surface area contributed by atoms with Crippen molar-refractivity contribution in [3.05, 3.63) is 64.5 Å². The molecule has 1 atom stereocenters. The minimum atomic E-state index is -0.361. The van der Waals surface area contributed by atoms with E-state index in [4.69, 9.17) is 0 Å². The Morgan fingerprint density at radius 2 is 1.82 bits per heavy atom. The van der Waals surface area contributed by atoms with E-state index < -0.39 is 0 Å². The number of hydrogen-bond acceptors (Lipinski definition) is 3. The fraction of sp³-hybridized carbons (Fsp3) is 0.462. The number of benzene rings is 2. The molecule has 1 saturated heterocycles. The van der Waals surface area contributed by atoms with E-state index >= 15 is 0 Å². The quantitative estimate of drug-likeness (QED) is 0.630. The summed E-state index contributed by atoms with van der Waals surface area (Å²) in [4.78, 5) is 29.7. The summed E-state index contributed by atoms with van der Waals surface area (Å²) in [6.07, 6.45) is 5.15. The summed E-state index contributed by atoms with van der Waals surface area (Å²) in [6.45, 7) is 5.51. The summed E-state index contributed by atoms with van der Waals surface area (Å²) in [7, 11) is 2.65. The zero-order valence-electron chi connectivity index (χ0n) is 19.3. The Labute approximate surface area is 197 Å². The minimum Gasteiger partial charge on any atom is -0.340 e. The number of piperazine rings is 1. The molecule has 4 rings (SSSR count). The van der Waals surface area contributed by atoms with E-state index in [0.29, 0.717) is 23.7 Å². The maximum Gasteiger partial charge on any atom is 0.255 e. The maximum absolute atomic E-state index is 14.4. The Balaban J connectivity index is 1.40. The highest BCUT2D eigenvalue weighted by molar-refractivity contribution is 7.15. The number of carbonyl (C=O) groups is 2. The molecule has 2 fully saturated rings. The van der Waals surface area contributed by atoms with Gasteiger partial charge in [-0.2, -0.15) is 0 Å². The van der Waals surface area contributed by atoms with Crippen molar-refractivity contribution in [3.8, 4) is 0 Å². The van der Waals surface area contributed by atoms with Gasteiger partial charge in [-0.1, -0.05) is 25.0 Å². The Morgan fingerprint density at radius 1 is 1.09 bits per heavy atom. The fourth-order valence-corrected chi connectivity index (χ4v) is 5.12. The number of rotatable bonds is 6. The molecule has 5 nitrogen and oxygen atoms in total. The van der Waals surface area contributed by atoms with Crippen molar-refractivity contribution in [3.63, 3.8) is 0 Å². The van der Waals surface area contributed by atoms with Crippen molar-refractivity contribution < 1.29 is 14.0 Å². The molecule has 1 saturated carbocycles. The van der Waals surface area contributed by atoms with Crippen LogP contribution in [-0.4, -0.2) is 47.8 Å². The molecular formula is C26H33FN3O2P. The molecule has 33 heavy (non-hydrogen) atoms. The van der Waals surface area contributed by atoms with Crippen molar-refractivity contribution in [2.24, 2.45) is 5.92 Å². The van der Waals surface area contributed by atoms with Crippen LogP contribution < -0.4 is 5.32 Å². The van der Waals surface area contributed by atoms with Gasteiger partial charge in [-0.3, -0.25) is 14.5 Å². The lowest BCUT2D eigenvalue weighted by Crippen LogP contribution is -2.49. The van der Waals surface area contributed by atoms with E-state index in [1.54, 1.807) is 12.1 Å². The molecule has 1 unspecified atom stereocenters. The molecule has 1 aliphatic heterocycles. The Kier molecular flexibility index (Phi) is 7.77. The number of nitrogens with zero attached hydrogens (tertiary/aromatic N) is 2. The van der Waals surface area contributed by atoms with Gasteiger partial charge in [0.05, 0.1) is 0 Å². The monoisotopic (exact) mass is 469 g/mol. The number of amides is 2. The molecule has 0 spiro atoms. The predicted octanol–water partition coefficient (Wildman–Crippen LogP) is 4.60. The van der Waals surface area contributed by atoms with Crippen LogP contribution in [0.5, 0.6) is 0 Å². The van der Waals surface area contributed by atoms with Crippen molar-refractivity contribution in [2.45, 2.75) is 45.3 Å². The van der Waals surface area contributed by atoms with Gasteiger partial charge in [0.25, 0.3) is 5.91 Å². The van der Waals surface area contributed by atoms with Crippen LogP contribution in [0.1, 0.15) is 52.7 Å². The first-order chi connectivity index (χ1) is 15.9. The second kappa shape index (κ2) is 10.8. The number of nitrogens with one attached hydrogen (secondary N) is 1. The molecular weight excluding hydrogens is 436 g/mol. The highest BCUT2D eigenvalue weighted by atomic mass is 31.0. The normalized spacial score (nSPS) is 17.4. The van der Waals surface area contributed by atoms with Crippen LogP contribution in [-0.2, 0) is 17.5 Å². The van der Waals surface area contributed by atoms with E-state index in [0.717, 1.165) is 74.7 Å². The fourth-order valence-electron chi connectivity index (χ4n) is 4.86. The Bertz CT molecular complexity index is 1010. The molecule has 2 aromatic rings. The average molecular weight is 470 g/mol. The van der Waals surface area contributed by atoms with Crippen LogP contribution in [0.2, 0.25) is 0 Å². The Hall–Kier alpha value is -2.30. The molecule has 0 bridgehead atoms. The van der Waals surface area contributed by atoms with Crippen molar-refractivity contribution >= 4 is 26.7 Å². The molecule has 2 amide bonds. The summed E-state index contributed by atoms with van der Waals surface area (Å²) in [5.41, 5.74) is 3.84. The summed E-state index contributed by atoms with van der Waals surface area (Å²) < 4.78 is 14.4. The van der Waals surface area contributed by atoms with Crippen LogP contribution in [0.25, 0.3) is 0 Å². The summed E-state index contributed by atoms with van der Waals surface area (Å²) in [5, 5.41) is 2.89. The molecule has 1 heterocycles. The first-order valence-electron chi connectivity index (χ1n) is 11.8. The van der Waals surface area contributed by atoms with Gasteiger partial charge in [0.1, 0.15) is 5.82 Å². The molecule has 0 aromatic heterocycles. The van der Waals surface area contributed by atoms with Gasteiger partial charge in [-0.25, -0.2) is 4.39 Å². The lowest BCUT2D eigenvalue weighted by Gasteiger charge is -2.36. The lowest BCUT2D eigenvalue weighted by molar-refractivity contribution is -0.137. The van der Waals surface area contributed by atoms with Crippen LogP contribution in [0.3, 0.4) is 0 Å². The van der Waals surface area contributed by atoms with E-state index in [-0.39, 0.29) is 17.6 Å². The number of carbonyl (C=O) groups excluding carboxylic acids is 2. The van der Waals surface area contributed by atoms with Gasteiger partial charge in [-0.15, -0.1) is 9.24 Å². The van der Waals surface area contributed by atoms with Gasteiger partial charge in [0.2, 0.25) is 5.91 Å². The topological polar surface area (TPSA) is 52.6 Å². The third kappa shape index (κ3) is 5.80. The van der Waals surface area contributed by atoms with E-state index in [9.17, 15) is 14.0 Å². The summed E-state index contributed by atoms with van der Waals surface area (Å²) in [6, 6.07) is 10.4. The first kappa shape index (κ1) is 23.8. The highest BCUT2D eigenvalue weighted by Gasteiger charge is 2.29. The first-order valence-corrected chi connectivity index (χ1v) is 12.7. The van der Waals surface area contributed by atoms with Crippen molar-refractivity contribution in [2.75, 3.05) is 31.5 Å². The molecule has 2 aromatic carbocycles. The van der Waals surface area contributed by atoms with Gasteiger partial charge in [0.15, 0.2) is 0 Å². The van der Waals surface area contributed by atoms with Crippen LogP contribution in [0.15, 0.2) is 36.4 Å². The van der Waals surface area contributed by atoms with Crippen molar-refractivity contribution in [1.82, 2.24) is 9.80 Å². The maximum atomic E-state index is 14.4. The number of anilines is 1. The zero-order valence-corrected chi connectivity index (χ0v) is 20.4. The van der Waals surface area contributed by atoms with Crippen LogP contribution in [0, 0.1) is 18.7 Å². The average Bonchev–Trinajstić information content (AvgIpc) is 3.37.